The average molecular weight is 738 g/mol. The lowest BCUT2D eigenvalue weighted by Crippen LogP contribution is -2.39. The topological polar surface area (TPSA) is 116 Å². The van der Waals surface area contributed by atoms with Crippen LogP contribution in [0.25, 0.3) is 6.08 Å². The van der Waals surface area contributed by atoms with Gasteiger partial charge in [0.2, 0.25) is 6.79 Å². The summed E-state index contributed by atoms with van der Waals surface area (Å²) in [6, 6.07) is 13.9. The van der Waals surface area contributed by atoms with Crippen LogP contribution in [0.3, 0.4) is 0 Å². The van der Waals surface area contributed by atoms with Crippen molar-refractivity contribution in [2.24, 2.45) is 4.99 Å². The minimum atomic E-state index is -0.802. The van der Waals surface area contributed by atoms with Crippen LogP contribution in [-0.2, 0) is 16.1 Å². The molecule has 1 atom stereocenters. The quantitative estimate of drug-likeness (QED) is 0.179. The first kappa shape index (κ1) is 33.2. The maximum absolute atomic E-state index is 14.1. The molecule has 0 saturated heterocycles. The van der Waals surface area contributed by atoms with Crippen molar-refractivity contribution in [3.63, 3.8) is 0 Å². The molecule has 0 bridgehead atoms. The summed E-state index contributed by atoms with van der Waals surface area (Å²) < 4.78 is 42.3. The second kappa shape index (κ2) is 14.6. The Labute approximate surface area is 288 Å². The highest BCUT2D eigenvalue weighted by Crippen LogP contribution is 2.39. The summed E-state index contributed by atoms with van der Waals surface area (Å²) in [5, 5.41) is 0. The molecule has 2 aliphatic heterocycles. The molecule has 1 aromatic heterocycles. The number of benzene rings is 3. The van der Waals surface area contributed by atoms with E-state index in [9.17, 15) is 9.59 Å². The smallest absolute Gasteiger partial charge is 0.337 e. The first-order valence-electron chi connectivity index (χ1n) is 15.3. The fraction of sp³-hybridized carbons (Fsp3) is 0.286. The molecule has 0 N–H and O–H groups in total. The molecule has 0 fully saturated rings. The predicted molar refractivity (Wildman–Crippen MR) is 182 cm³/mol. The molecule has 13 heteroatoms. The number of nitrogens with zero attached hydrogens (tertiary/aromatic N) is 2. The Morgan fingerprint density at radius 2 is 1.71 bits per heavy atom. The number of hydrogen-bond donors (Lipinski definition) is 0. The minimum absolute atomic E-state index is 0.197. The fourth-order valence-corrected chi connectivity index (χ4v) is 6.94. The number of rotatable bonds is 12. The Morgan fingerprint density at radius 3 is 2.48 bits per heavy atom. The molecular weight excluding hydrogens is 704 g/mol. The summed E-state index contributed by atoms with van der Waals surface area (Å²) in [4.78, 5) is 32.0. The van der Waals surface area contributed by atoms with Gasteiger partial charge < -0.3 is 33.2 Å². The van der Waals surface area contributed by atoms with Gasteiger partial charge in [-0.2, -0.15) is 0 Å². The zero-order valence-corrected chi connectivity index (χ0v) is 29.1. The van der Waals surface area contributed by atoms with Gasteiger partial charge in [0, 0.05) is 6.20 Å². The summed E-state index contributed by atoms with van der Waals surface area (Å²) in [6.45, 7) is 7.38. The molecule has 0 aliphatic carbocycles. The Hall–Kier alpha value is -4.75. The Balaban J connectivity index is 1.37. The van der Waals surface area contributed by atoms with Gasteiger partial charge in [0.25, 0.3) is 5.56 Å². The number of esters is 1. The Kier molecular flexibility index (Phi) is 10.1. The summed E-state index contributed by atoms with van der Waals surface area (Å²) in [6.07, 6.45) is 3.22. The van der Waals surface area contributed by atoms with Gasteiger partial charge in [-0.05, 0) is 95.9 Å². The molecule has 4 aromatic rings. The Morgan fingerprint density at radius 1 is 0.958 bits per heavy atom. The highest BCUT2D eigenvalue weighted by atomic mass is 79.9. The van der Waals surface area contributed by atoms with Crippen LogP contribution in [-0.4, -0.2) is 44.3 Å². The number of ether oxygens (including phenoxy) is 7. The minimum Gasteiger partial charge on any atom is -0.490 e. The van der Waals surface area contributed by atoms with Gasteiger partial charge in [0.1, 0.15) is 6.61 Å². The zero-order valence-electron chi connectivity index (χ0n) is 26.7. The van der Waals surface area contributed by atoms with E-state index in [2.05, 4.69) is 20.9 Å². The molecule has 2 aliphatic rings. The lowest BCUT2D eigenvalue weighted by molar-refractivity contribution is -0.136. The first-order chi connectivity index (χ1) is 23.3. The second-order valence-corrected chi connectivity index (χ2v) is 12.4. The van der Waals surface area contributed by atoms with Crippen molar-refractivity contribution in [3.8, 4) is 34.5 Å². The van der Waals surface area contributed by atoms with Crippen LogP contribution in [0, 0.1) is 0 Å². The third-order valence-corrected chi connectivity index (χ3v) is 9.04. The van der Waals surface area contributed by atoms with Crippen molar-refractivity contribution in [1.29, 1.82) is 0 Å². The van der Waals surface area contributed by atoms with E-state index < -0.39 is 12.0 Å². The lowest BCUT2D eigenvalue weighted by Gasteiger charge is -2.23. The highest BCUT2D eigenvalue weighted by molar-refractivity contribution is 9.10. The maximum Gasteiger partial charge on any atom is 0.337 e. The number of carbonyl (C=O) groups excluding carboxylic acids is 1. The molecule has 0 unspecified atom stereocenters. The number of fused-ring (bicyclic) bond motifs is 2. The van der Waals surface area contributed by atoms with E-state index in [4.69, 9.17) is 33.2 Å². The molecule has 0 amide bonds. The van der Waals surface area contributed by atoms with Crippen molar-refractivity contribution in [3.05, 3.63) is 101 Å². The van der Waals surface area contributed by atoms with Gasteiger partial charge in [-0.1, -0.05) is 23.5 Å². The normalized spacial score (nSPS) is 14.9. The van der Waals surface area contributed by atoms with Crippen LogP contribution in [0.2, 0.25) is 0 Å². The van der Waals surface area contributed by atoms with Crippen LogP contribution in [0.5, 0.6) is 34.5 Å². The summed E-state index contributed by atoms with van der Waals surface area (Å²) in [5.41, 5.74) is 2.15. The van der Waals surface area contributed by atoms with Gasteiger partial charge in [0.05, 0.1) is 47.6 Å². The zero-order chi connectivity index (χ0) is 33.8. The SMILES string of the molecule is CCOc1ccc([C@@H]2C(C(=O)OC)=CN=c3s/c(=C\c4cc(Br)c(OCc5ccc6c(c5)OCO6)c(OCC)c4)c(=O)n32)cc1OCC. The summed E-state index contributed by atoms with van der Waals surface area (Å²) in [5.74, 6) is 2.90. The van der Waals surface area contributed by atoms with Crippen LogP contribution in [0.4, 0.5) is 0 Å². The standard InChI is InChI=1S/C35H33BrN2O9S/c1-5-42-25-11-9-22(16-28(25)43-6-2)31-23(34(40)41-4)17-37-35-38(31)33(39)30(48-35)15-21-12-24(36)32(29(14-21)44-7-3)45-18-20-8-10-26-27(13-20)47-19-46-26/h8-17,31H,5-7,18-19H2,1-4H3/b30-15-/t31-/m1/s1. The van der Waals surface area contributed by atoms with Gasteiger partial charge in [0.15, 0.2) is 39.3 Å². The van der Waals surface area contributed by atoms with Crippen LogP contribution in [0.1, 0.15) is 43.5 Å². The third-order valence-electron chi connectivity index (χ3n) is 7.46. The molecule has 0 spiro atoms. The average Bonchev–Trinajstić information content (AvgIpc) is 3.68. The van der Waals surface area contributed by atoms with E-state index in [0.29, 0.717) is 79.3 Å². The molecule has 3 aromatic carbocycles. The van der Waals surface area contributed by atoms with Crippen LogP contribution in [0.15, 0.2) is 74.6 Å². The molecule has 48 heavy (non-hydrogen) atoms. The molecule has 3 heterocycles. The van der Waals surface area contributed by atoms with E-state index >= 15 is 0 Å². The lowest BCUT2D eigenvalue weighted by atomic mass is 9.97. The van der Waals surface area contributed by atoms with Crippen LogP contribution >= 0.6 is 27.3 Å². The van der Waals surface area contributed by atoms with E-state index in [-0.39, 0.29) is 24.5 Å². The maximum atomic E-state index is 14.1. The Bertz CT molecular complexity index is 2070. The molecule has 250 valence electrons. The van der Waals surface area contributed by atoms with E-state index in [1.165, 1.54) is 29.2 Å². The molecule has 0 radical (unpaired) electrons. The number of hydrogen-bond acceptors (Lipinski definition) is 11. The third kappa shape index (κ3) is 6.65. The van der Waals surface area contributed by atoms with Crippen molar-refractivity contribution in [2.75, 3.05) is 33.7 Å². The highest BCUT2D eigenvalue weighted by Gasteiger charge is 2.31. The van der Waals surface area contributed by atoms with E-state index in [1.54, 1.807) is 18.2 Å². The first-order valence-corrected chi connectivity index (χ1v) is 16.9. The van der Waals surface area contributed by atoms with Gasteiger partial charge in [-0.25, -0.2) is 9.79 Å². The predicted octanol–water partition coefficient (Wildman–Crippen LogP) is 5.28. The monoisotopic (exact) mass is 736 g/mol. The van der Waals surface area contributed by atoms with Crippen molar-refractivity contribution >= 4 is 39.3 Å². The number of carbonyl (C=O) groups is 1. The molecule has 0 saturated carbocycles. The van der Waals surface area contributed by atoms with Crippen molar-refractivity contribution in [2.45, 2.75) is 33.4 Å². The number of methoxy groups -OCH3 is 1. The molecule has 6 rings (SSSR count). The summed E-state index contributed by atoms with van der Waals surface area (Å²) in [7, 11) is 1.30. The second-order valence-electron chi connectivity index (χ2n) is 10.5. The van der Waals surface area contributed by atoms with Gasteiger partial charge in [-0.3, -0.25) is 9.36 Å². The molecular formula is C35H33BrN2O9S. The number of thiazole rings is 1. The number of halogens is 1. The van der Waals surface area contributed by atoms with Crippen LogP contribution < -0.4 is 43.3 Å². The number of aromatic nitrogens is 1. The summed E-state index contributed by atoms with van der Waals surface area (Å²) >= 11 is 4.85. The van der Waals surface area contributed by atoms with Gasteiger partial charge >= 0.3 is 5.97 Å². The van der Waals surface area contributed by atoms with E-state index in [0.717, 1.165) is 5.56 Å². The largest absolute Gasteiger partial charge is 0.490 e. The van der Waals surface area contributed by atoms with Crippen molar-refractivity contribution in [1.82, 2.24) is 4.57 Å². The van der Waals surface area contributed by atoms with E-state index in [1.807, 2.05) is 57.2 Å². The fourth-order valence-electron chi connectivity index (χ4n) is 5.40. The van der Waals surface area contributed by atoms with Gasteiger partial charge in [-0.15, -0.1) is 0 Å². The molecule has 11 nitrogen and oxygen atoms in total. The van der Waals surface area contributed by atoms with Crippen molar-refractivity contribution < 1.29 is 38.0 Å².